The van der Waals surface area contributed by atoms with Crippen LogP contribution >= 0.6 is 0 Å². The third kappa shape index (κ3) is 7.85. The molecule has 0 aliphatic carbocycles. The highest BCUT2D eigenvalue weighted by Crippen LogP contribution is 2.30. The zero-order valence-electron chi connectivity index (χ0n) is 24.7. The van der Waals surface area contributed by atoms with Gasteiger partial charge in [0, 0.05) is 11.4 Å². The SMILES string of the molecule is CC(=O)C(C=O)N=Nc1c(C)cc(Cc2cc(C)c(Nc3nc(Nc4ccc(S(=O)(=O)O)cc4)[nH]c(=O)n3)c(C)c2)cc1C. The second-order valence-corrected chi connectivity index (χ2v) is 11.8. The number of nitrogens with one attached hydrogen (secondary N) is 3. The average Bonchev–Trinajstić information content (AvgIpc) is 2.91. The van der Waals surface area contributed by atoms with Crippen LogP contribution in [0.2, 0.25) is 0 Å². The predicted octanol–water partition coefficient (Wildman–Crippen LogP) is 4.96. The zero-order valence-corrected chi connectivity index (χ0v) is 25.5. The second kappa shape index (κ2) is 13.1. The van der Waals surface area contributed by atoms with Crippen molar-refractivity contribution < 1.29 is 22.6 Å². The van der Waals surface area contributed by atoms with Crippen LogP contribution in [0.25, 0.3) is 0 Å². The van der Waals surface area contributed by atoms with Crippen LogP contribution in [-0.4, -0.2) is 46.0 Å². The van der Waals surface area contributed by atoms with E-state index in [-0.39, 0.29) is 22.6 Å². The van der Waals surface area contributed by atoms with Crippen molar-refractivity contribution in [2.75, 3.05) is 10.6 Å². The third-order valence-corrected chi connectivity index (χ3v) is 7.55. The maximum absolute atomic E-state index is 12.3. The summed E-state index contributed by atoms with van der Waals surface area (Å²) in [5, 5.41) is 14.1. The Hall–Kier alpha value is -5.08. The molecule has 0 amide bonds. The van der Waals surface area contributed by atoms with Gasteiger partial charge < -0.3 is 15.4 Å². The first-order chi connectivity index (χ1) is 20.7. The molecule has 0 aliphatic heterocycles. The highest BCUT2D eigenvalue weighted by atomic mass is 32.2. The van der Waals surface area contributed by atoms with E-state index in [0.717, 1.165) is 39.1 Å². The number of carbonyl (C=O) groups excluding carboxylic acids is 2. The molecular weight excluding hydrogens is 586 g/mol. The molecule has 3 aromatic carbocycles. The number of nitrogens with zero attached hydrogens (tertiary/aromatic N) is 4. The first-order valence-corrected chi connectivity index (χ1v) is 14.8. The number of Topliss-reactive ketones (excluding diaryl/α,β-unsaturated/α-hetero) is 1. The molecule has 13 nitrogen and oxygen atoms in total. The number of aldehydes is 1. The van der Waals surface area contributed by atoms with Crippen molar-refractivity contribution in [3.63, 3.8) is 0 Å². The van der Waals surface area contributed by atoms with E-state index in [9.17, 15) is 22.8 Å². The van der Waals surface area contributed by atoms with Gasteiger partial charge in [-0.1, -0.05) is 24.3 Å². The zero-order chi connectivity index (χ0) is 32.2. The van der Waals surface area contributed by atoms with Gasteiger partial charge in [0.15, 0.2) is 18.1 Å². The molecule has 1 atom stereocenters. The molecule has 0 fully saturated rings. The molecule has 228 valence electrons. The summed E-state index contributed by atoms with van der Waals surface area (Å²) in [5.41, 5.74) is 6.79. The molecule has 0 spiro atoms. The molecule has 0 aliphatic rings. The van der Waals surface area contributed by atoms with Gasteiger partial charge in [-0.25, -0.2) is 4.79 Å². The normalized spacial score (nSPS) is 12.2. The van der Waals surface area contributed by atoms with Crippen LogP contribution in [0.4, 0.5) is 29.0 Å². The molecule has 0 saturated heterocycles. The number of anilines is 4. The molecule has 1 aromatic heterocycles. The molecule has 0 bridgehead atoms. The first-order valence-electron chi connectivity index (χ1n) is 13.4. The van der Waals surface area contributed by atoms with E-state index >= 15 is 0 Å². The Bertz CT molecular complexity index is 1890. The van der Waals surface area contributed by atoms with Crippen molar-refractivity contribution in [2.45, 2.75) is 52.0 Å². The van der Waals surface area contributed by atoms with E-state index in [1.54, 1.807) is 0 Å². The number of aromatic nitrogens is 3. The highest BCUT2D eigenvalue weighted by molar-refractivity contribution is 7.85. The third-order valence-electron chi connectivity index (χ3n) is 6.68. The summed E-state index contributed by atoms with van der Waals surface area (Å²) in [7, 11) is -4.33. The van der Waals surface area contributed by atoms with Gasteiger partial charge in [0.05, 0.1) is 10.6 Å². The highest BCUT2D eigenvalue weighted by Gasteiger charge is 2.14. The number of aryl methyl sites for hydroxylation is 4. The van der Waals surface area contributed by atoms with E-state index in [1.807, 2.05) is 52.0 Å². The molecule has 4 rings (SSSR count). The Morgan fingerprint density at radius 1 is 0.955 bits per heavy atom. The summed E-state index contributed by atoms with van der Waals surface area (Å²) in [6.45, 7) is 8.96. The van der Waals surface area contributed by atoms with Crippen LogP contribution in [0.1, 0.15) is 40.3 Å². The molecule has 44 heavy (non-hydrogen) atoms. The van der Waals surface area contributed by atoms with Gasteiger partial charge in [-0.15, -0.1) is 0 Å². The molecule has 0 saturated carbocycles. The molecule has 1 unspecified atom stereocenters. The van der Waals surface area contributed by atoms with Crippen molar-refractivity contribution in [1.82, 2.24) is 15.0 Å². The fourth-order valence-electron chi connectivity index (χ4n) is 4.68. The number of aromatic amines is 1. The molecular formula is C30H31N7O6S. The summed E-state index contributed by atoms with van der Waals surface area (Å²) in [6, 6.07) is 12.2. The number of azo groups is 1. The van der Waals surface area contributed by atoms with Crippen LogP contribution < -0.4 is 16.3 Å². The molecule has 0 radical (unpaired) electrons. The Balaban J connectivity index is 1.52. The number of ketones is 1. The Kier molecular flexibility index (Phi) is 9.45. The van der Waals surface area contributed by atoms with Gasteiger partial charge >= 0.3 is 5.69 Å². The van der Waals surface area contributed by atoms with Crippen molar-refractivity contribution in [3.05, 3.63) is 92.4 Å². The van der Waals surface area contributed by atoms with Crippen LogP contribution in [0.15, 0.2) is 68.4 Å². The van der Waals surface area contributed by atoms with Crippen LogP contribution in [-0.2, 0) is 26.1 Å². The minimum Gasteiger partial charge on any atom is -0.326 e. The summed E-state index contributed by atoms with van der Waals surface area (Å²) >= 11 is 0. The smallest absolute Gasteiger partial charge is 0.326 e. The van der Waals surface area contributed by atoms with E-state index in [4.69, 9.17) is 4.55 Å². The summed E-state index contributed by atoms with van der Waals surface area (Å²) < 4.78 is 31.7. The van der Waals surface area contributed by atoms with Crippen LogP contribution in [0.5, 0.6) is 0 Å². The largest absolute Gasteiger partial charge is 0.351 e. The van der Waals surface area contributed by atoms with Crippen molar-refractivity contribution in [1.29, 1.82) is 0 Å². The number of carbonyl (C=O) groups is 2. The number of benzene rings is 3. The van der Waals surface area contributed by atoms with Crippen LogP contribution in [0.3, 0.4) is 0 Å². The Labute approximate surface area is 253 Å². The van der Waals surface area contributed by atoms with Gasteiger partial charge in [-0.05, 0) is 98.7 Å². The van der Waals surface area contributed by atoms with Crippen molar-refractivity contribution in [3.8, 4) is 0 Å². The van der Waals surface area contributed by atoms with E-state index in [0.29, 0.717) is 24.1 Å². The monoisotopic (exact) mass is 617 g/mol. The molecule has 1 heterocycles. The fraction of sp³-hybridized carbons (Fsp3) is 0.233. The van der Waals surface area contributed by atoms with Crippen molar-refractivity contribution in [2.24, 2.45) is 10.2 Å². The van der Waals surface area contributed by atoms with E-state index in [1.165, 1.54) is 31.2 Å². The summed E-state index contributed by atoms with van der Waals surface area (Å²) in [6.07, 6.45) is 1.11. The van der Waals surface area contributed by atoms with Gasteiger partial charge in [0.1, 0.15) is 0 Å². The molecule has 14 heteroatoms. The Morgan fingerprint density at radius 3 is 2.05 bits per heavy atom. The summed E-state index contributed by atoms with van der Waals surface area (Å²) in [4.78, 5) is 45.3. The maximum atomic E-state index is 12.3. The standard InChI is InChI=1S/C30H31N7O6S/c1-16-10-21(14-22-12-18(3)27(19(4)13-22)37-36-25(15-38)20(5)39)11-17(2)26(16)32-29-33-28(34-30(40)35-29)31-23-6-8-24(9-7-23)44(41,42)43/h6-13,15,25H,14H2,1-5H3,(H,41,42,43)(H3,31,32,33,34,35,40). The number of hydrogen-bond donors (Lipinski definition) is 4. The lowest BCUT2D eigenvalue weighted by Crippen LogP contribution is -2.17. The average molecular weight is 618 g/mol. The first kappa shape index (κ1) is 31.8. The maximum Gasteiger partial charge on any atom is 0.351 e. The van der Waals surface area contributed by atoms with Gasteiger partial charge in [0.25, 0.3) is 10.1 Å². The van der Waals surface area contributed by atoms with Gasteiger partial charge in [0.2, 0.25) is 11.9 Å². The number of H-pyrrole nitrogens is 1. The molecule has 4 N–H and O–H groups in total. The minimum absolute atomic E-state index is 0.0577. The fourth-order valence-corrected chi connectivity index (χ4v) is 5.16. The number of rotatable bonds is 11. The van der Waals surface area contributed by atoms with Crippen LogP contribution in [0, 0.1) is 27.7 Å². The van der Waals surface area contributed by atoms with E-state index < -0.39 is 21.8 Å². The van der Waals surface area contributed by atoms with Gasteiger partial charge in [-0.2, -0.15) is 28.6 Å². The second-order valence-electron chi connectivity index (χ2n) is 10.3. The predicted molar refractivity (Wildman–Crippen MR) is 165 cm³/mol. The van der Waals surface area contributed by atoms with E-state index in [2.05, 4.69) is 35.8 Å². The Morgan fingerprint density at radius 2 is 1.52 bits per heavy atom. The van der Waals surface area contributed by atoms with Crippen molar-refractivity contribution >= 4 is 51.1 Å². The lowest BCUT2D eigenvalue weighted by molar-refractivity contribution is -0.122. The molecule has 4 aromatic rings. The number of hydrogen-bond acceptors (Lipinski definition) is 11. The topological polar surface area (TPSA) is 196 Å². The quantitative estimate of drug-likeness (QED) is 0.0772. The lowest BCUT2D eigenvalue weighted by Gasteiger charge is -2.15. The minimum atomic E-state index is -4.33. The van der Waals surface area contributed by atoms with Gasteiger partial charge in [-0.3, -0.25) is 14.3 Å². The lowest BCUT2D eigenvalue weighted by atomic mass is 9.96. The summed E-state index contributed by atoms with van der Waals surface area (Å²) in [5.74, 6) is -0.230.